The van der Waals surface area contributed by atoms with Gasteiger partial charge in [-0.15, -0.1) is 13.2 Å². The lowest BCUT2D eigenvalue weighted by Gasteiger charge is -2.07. The minimum atomic E-state index is 0.824. The highest BCUT2D eigenvalue weighted by Gasteiger charge is 1.99. The van der Waals surface area contributed by atoms with Gasteiger partial charge in [0.25, 0.3) is 0 Å². The second kappa shape index (κ2) is 27.3. The second-order valence-electron chi connectivity index (χ2n) is 4.36. The van der Waals surface area contributed by atoms with Crippen molar-refractivity contribution in [2.75, 3.05) is 0 Å². The Balaban J connectivity index is -0.000000212. The van der Waals surface area contributed by atoms with E-state index in [-0.39, 0.29) is 0 Å². The molecule has 0 nitrogen and oxygen atoms in total. The number of allylic oxidation sites excluding steroid dienone is 5. The van der Waals surface area contributed by atoms with Gasteiger partial charge in [0.15, 0.2) is 0 Å². The van der Waals surface area contributed by atoms with Crippen LogP contribution in [0, 0.1) is 5.92 Å². The fraction of sp³-hybridized carbons (Fsp3) is 0.619. The summed E-state index contributed by atoms with van der Waals surface area (Å²) in [6.45, 7) is 26.8. The largest absolute Gasteiger partial charge is 0.106 e. The van der Waals surface area contributed by atoms with Gasteiger partial charge < -0.3 is 0 Å². The molecule has 0 aromatic heterocycles. The molecule has 0 aliphatic rings. The molecule has 1 atom stereocenters. The predicted molar refractivity (Wildman–Crippen MR) is 105 cm³/mol. The minimum Gasteiger partial charge on any atom is -0.106 e. The molecule has 0 aromatic rings. The van der Waals surface area contributed by atoms with Gasteiger partial charge in [-0.25, -0.2) is 0 Å². The van der Waals surface area contributed by atoms with Gasteiger partial charge in [0, 0.05) is 0 Å². The van der Waals surface area contributed by atoms with E-state index in [1.165, 1.54) is 24.0 Å². The Morgan fingerprint density at radius 3 is 1.81 bits per heavy atom. The van der Waals surface area contributed by atoms with Crippen molar-refractivity contribution in [3.05, 3.63) is 49.1 Å². The summed E-state index contributed by atoms with van der Waals surface area (Å²) >= 11 is 0. The molecule has 1 unspecified atom stereocenters. The molecule has 0 aliphatic carbocycles. The molecule has 0 spiro atoms. The normalized spacial score (nSPS) is 11.6. The standard InChI is InChI=1S/C15H26.2C2H6.C2H4/c1-6-13(4)9-11-15(8-3)12-10-14(5)7-2;3*1-2/h8-9,11,14H,3,6-7,10,12H2,1-2,4-5H3;2*1-2H3;1-2H2/b13-9+,15-11+;;;. The zero-order chi connectivity index (χ0) is 17.7. The maximum absolute atomic E-state index is 3.87. The number of hydrogen-bond acceptors (Lipinski definition) is 0. The molecule has 0 aliphatic heterocycles. The average Bonchev–Trinajstić information content (AvgIpc) is 2.59. The summed E-state index contributed by atoms with van der Waals surface area (Å²) < 4.78 is 0. The molecular formula is C21H42. The van der Waals surface area contributed by atoms with Crippen molar-refractivity contribution in [2.45, 2.75) is 81.1 Å². The Hall–Kier alpha value is -1.04. The van der Waals surface area contributed by atoms with Crippen LogP contribution in [0.25, 0.3) is 0 Å². The molecule has 0 saturated heterocycles. The second-order valence-corrected chi connectivity index (χ2v) is 4.36. The maximum Gasteiger partial charge on any atom is -0.0277 e. The topological polar surface area (TPSA) is 0 Å². The van der Waals surface area contributed by atoms with Crippen LogP contribution in [0.3, 0.4) is 0 Å². The first kappa shape index (κ1) is 28.2. The Bertz CT molecular complexity index is 243. The van der Waals surface area contributed by atoms with Crippen molar-refractivity contribution < 1.29 is 0 Å². The lowest BCUT2D eigenvalue weighted by atomic mass is 9.98. The first-order chi connectivity index (χ1) is 10.1. The fourth-order valence-corrected chi connectivity index (χ4v) is 1.24. The molecule has 0 amide bonds. The highest BCUT2D eigenvalue weighted by atomic mass is 14.0. The summed E-state index contributed by atoms with van der Waals surface area (Å²) in [6, 6.07) is 0. The van der Waals surface area contributed by atoms with Crippen LogP contribution in [0.15, 0.2) is 49.1 Å². The quantitative estimate of drug-likeness (QED) is 0.328. The van der Waals surface area contributed by atoms with Crippen LogP contribution in [0.4, 0.5) is 0 Å². The maximum atomic E-state index is 3.87. The summed E-state index contributed by atoms with van der Waals surface area (Å²) in [5.74, 6) is 0.824. The highest BCUT2D eigenvalue weighted by Crippen LogP contribution is 2.15. The average molecular weight is 295 g/mol. The zero-order valence-electron chi connectivity index (χ0n) is 16.3. The Labute approximate surface area is 136 Å². The van der Waals surface area contributed by atoms with E-state index >= 15 is 0 Å². The summed E-state index contributed by atoms with van der Waals surface area (Å²) in [5, 5.41) is 0. The molecule has 0 fully saturated rings. The van der Waals surface area contributed by atoms with Crippen molar-refractivity contribution in [1.29, 1.82) is 0 Å². The molecule has 0 N–H and O–H groups in total. The third-order valence-electron chi connectivity index (χ3n) is 3.02. The van der Waals surface area contributed by atoms with Crippen molar-refractivity contribution in [2.24, 2.45) is 5.92 Å². The third-order valence-corrected chi connectivity index (χ3v) is 3.02. The molecule has 126 valence electrons. The molecule has 0 bridgehead atoms. The molecule has 21 heavy (non-hydrogen) atoms. The van der Waals surface area contributed by atoms with Gasteiger partial charge in [0.2, 0.25) is 0 Å². The van der Waals surface area contributed by atoms with Crippen LogP contribution in [0.1, 0.15) is 81.1 Å². The van der Waals surface area contributed by atoms with Gasteiger partial charge in [-0.05, 0) is 37.7 Å². The van der Waals surface area contributed by atoms with Crippen molar-refractivity contribution in [3.8, 4) is 0 Å². The first-order valence-corrected chi connectivity index (χ1v) is 8.62. The van der Waals surface area contributed by atoms with E-state index in [0.717, 1.165) is 18.8 Å². The minimum absolute atomic E-state index is 0.824. The molecule has 0 heterocycles. The summed E-state index contributed by atoms with van der Waals surface area (Å²) in [4.78, 5) is 0. The zero-order valence-corrected chi connectivity index (χ0v) is 16.3. The van der Waals surface area contributed by atoms with E-state index < -0.39 is 0 Å². The lowest BCUT2D eigenvalue weighted by Crippen LogP contribution is -1.92. The van der Waals surface area contributed by atoms with Crippen molar-refractivity contribution in [3.63, 3.8) is 0 Å². The van der Waals surface area contributed by atoms with Gasteiger partial charge in [0.1, 0.15) is 0 Å². The van der Waals surface area contributed by atoms with Crippen molar-refractivity contribution >= 4 is 0 Å². The van der Waals surface area contributed by atoms with Crippen LogP contribution in [0.2, 0.25) is 0 Å². The van der Waals surface area contributed by atoms with Crippen LogP contribution in [0.5, 0.6) is 0 Å². The summed E-state index contributed by atoms with van der Waals surface area (Å²) in [7, 11) is 0. The van der Waals surface area contributed by atoms with E-state index in [9.17, 15) is 0 Å². The summed E-state index contributed by atoms with van der Waals surface area (Å²) in [5.41, 5.74) is 2.79. The van der Waals surface area contributed by atoms with Gasteiger partial charge in [0.05, 0.1) is 0 Å². The smallest absolute Gasteiger partial charge is 0.0277 e. The van der Waals surface area contributed by atoms with E-state index in [2.05, 4.69) is 59.6 Å². The SMILES string of the molecule is C=C.C=C/C(=C\C=C(/C)CC)CCC(C)CC.CC.CC. The Morgan fingerprint density at radius 1 is 1.00 bits per heavy atom. The van der Waals surface area contributed by atoms with Gasteiger partial charge >= 0.3 is 0 Å². The van der Waals surface area contributed by atoms with Gasteiger partial charge in [-0.2, -0.15) is 0 Å². The van der Waals surface area contributed by atoms with E-state index in [0.29, 0.717) is 0 Å². The summed E-state index contributed by atoms with van der Waals surface area (Å²) in [6.07, 6.45) is 11.3. The Morgan fingerprint density at radius 2 is 1.48 bits per heavy atom. The number of hydrogen-bond donors (Lipinski definition) is 0. The number of rotatable bonds is 7. The molecule has 0 radical (unpaired) electrons. The Kier molecular flexibility index (Phi) is 36.7. The van der Waals surface area contributed by atoms with Crippen LogP contribution in [-0.4, -0.2) is 0 Å². The molecule has 0 saturated carbocycles. The highest BCUT2D eigenvalue weighted by molar-refractivity contribution is 5.24. The molecular weight excluding hydrogens is 252 g/mol. The van der Waals surface area contributed by atoms with E-state index in [4.69, 9.17) is 0 Å². The van der Waals surface area contributed by atoms with Crippen molar-refractivity contribution in [1.82, 2.24) is 0 Å². The van der Waals surface area contributed by atoms with E-state index in [1.807, 2.05) is 33.8 Å². The fourth-order valence-electron chi connectivity index (χ4n) is 1.24. The molecule has 0 heteroatoms. The van der Waals surface area contributed by atoms with E-state index in [1.54, 1.807) is 0 Å². The van der Waals surface area contributed by atoms with Gasteiger partial charge in [-0.1, -0.05) is 85.3 Å². The van der Waals surface area contributed by atoms with Crippen LogP contribution >= 0.6 is 0 Å². The van der Waals surface area contributed by atoms with Crippen LogP contribution < -0.4 is 0 Å². The van der Waals surface area contributed by atoms with Crippen LogP contribution in [-0.2, 0) is 0 Å². The third kappa shape index (κ3) is 24.4. The molecule has 0 aromatic carbocycles. The lowest BCUT2D eigenvalue weighted by molar-refractivity contribution is 0.517. The predicted octanol–water partition coefficient (Wildman–Crippen LogP) is 8.14. The first-order valence-electron chi connectivity index (χ1n) is 8.62. The van der Waals surface area contributed by atoms with Gasteiger partial charge in [-0.3, -0.25) is 0 Å². The monoisotopic (exact) mass is 294 g/mol. The molecule has 0 rings (SSSR count).